The number of nitrogens with zero attached hydrogens (tertiary/aromatic N) is 1. The second-order valence-electron chi connectivity index (χ2n) is 5.19. The Labute approximate surface area is 118 Å². The molecule has 0 bridgehead atoms. The standard InChI is InChI=1S/C14H20ClNOS/c1-16(2)9-11-10-18-8-7-14(11,17)12-5-3-4-6-13(12)15/h3-6,11,17H,7-10H2,1-2H3/t11-,14+/m0/s1. The van der Waals surface area contributed by atoms with Crippen LogP contribution in [0.4, 0.5) is 0 Å². The van der Waals surface area contributed by atoms with Crippen molar-refractivity contribution in [1.29, 1.82) is 0 Å². The van der Waals surface area contributed by atoms with Crippen molar-refractivity contribution < 1.29 is 5.11 Å². The molecule has 1 N–H and O–H groups in total. The Morgan fingerprint density at radius 1 is 1.44 bits per heavy atom. The molecule has 0 aliphatic carbocycles. The highest BCUT2D eigenvalue weighted by molar-refractivity contribution is 7.99. The van der Waals surface area contributed by atoms with Crippen molar-refractivity contribution in [2.45, 2.75) is 12.0 Å². The van der Waals surface area contributed by atoms with Crippen LogP contribution in [-0.2, 0) is 5.60 Å². The molecular formula is C14H20ClNOS. The van der Waals surface area contributed by atoms with Gasteiger partial charge in [-0.2, -0.15) is 11.8 Å². The van der Waals surface area contributed by atoms with Crippen LogP contribution in [0, 0.1) is 5.92 Å². The Hall–Kier alpha value is -0.220. The Morgan fingerprint density at radius 2 is 2.17 bits per heavy atom. The van der Waals surface area contributed by atoms with Crippen LogP contribution in [0.3, 0.4) is 0 Å². The average Bonchev–Trinajstić information content (AvgIpc) is 2.32. The van der Waals surface area contributed by atoms with Gasteiger partial charge in [0, 0.05) is 28.8 Å². The molecule has 0 aromatic heterocycles. The van der Waals surface area contributed by atoms with Gasteiger partial charge >= 0.3 is 0 Å². The minimum Gasteiger partial charge on any atom is -0.385 e. The van der Waals surface area contributed by atoms with Gasteiger partial charge in [-0.05, 0) is 32.3 Å². The molecule has 0 saturated carbocycles. The van der Waals surface area contributed by atoms with E-state index in [0.29, 0.717) is 5.02 Å². The molecule has 100 valence electrons. The lowest BCUT2D eigenvalue weighted by Crippen LogP contribution is -2.45. The van der Waals surface area contributed by atoms with E-state index in [-0.39, 0.29) is 5.92 Å². The minimum atomic E-state index is -0.784. The van der Waals surface area contributed by atoms with Crippen molar-refractivity contribution in [2.24, 2.45) is 5.92 Å². The highest BCUT2D eigenvalue weighted by Crippen LogP contribution is 2.43. The van der Waals surface area contributed by atoms with E-state index in [1.54, 1.807) is 0 Å². The van der Waals surface area contributed by atoms with Crippen molar-refractivity contribution in [3.05, 3.63) is 34.9 Å². The summed E-state index contributed by atoms with van der Waals surface area (Å²) >= 11 is 8.19. The van der Waals surface area contributed by atoms with Gasteiger partial charge in [0.25, 0.3) is 0 Å². The zero-order chi connectivity index (χ0) is 13.2. The summed E-state index contributed by atoms with van der Waals surface area (Å²) < 4.78 is 0. The van der Waals surface area contributed by atoms with Crippen LogP contribution in [0.15, 0.2) is 24.3 Å². The van der Waals surface area contributed by atoms with Crippen LogP contribution in [0.25, 0.3) is 0 Å². The fraction of sp³-hybridized carbons (Fsp3) is 0.571. The molecule has 0 amide bonds. The molecule has 0 unspecified atom stereocenters. The van der Waals surface area contributed by atoms with Gasteiger partial charge in [0.15, 0.2) is 0 Å². The van der Waals surface area contributed by atoms with Gasteiger partial charge in [-0.15, -0.1) is 0 Å². The molecule has 1 heterocycles. The summed E-state index contributed by atoms with van der Waals surface area (Å²) in [6.45, 7) is 0.884. The molecule has 1 aliphatic heterocycles. The van der Waals surface area contributed by atoms with E-state index < -0.39 is 5.60 Å². The van der Waals surface area contributed by atoms with Crippen molar-refractivity contribution in [2.75, 3.05) is 32.1 Å². The molecule has 2 rings (SSSR count). The fourth-order valence-electron chi connectivity index (χ4n) is 2.61. The predicted octanol–water partition coefficient (Wildman–Crippen LogP) is 2.84. The van der Waals surface area contributed by atoms with Crippen LogP contribution in [0.5, 0.6) is 0 Å². The van der Waals surface area contributed by atoms with E-state index in [2.05, 4.69) is 4.90 Å². The van der Waals surface area contributed by atoms with Crippen molar-refractivity contribution in [1.82, 2.24) is 4.90 Å². The number of hydrogen-bond acceptors (Lipinski definition) is 3. The Balaban J connectivity index is 2.33. The molecule has 4 heteroatoms. The first kappa shape index (κ1) is 14.2. The van der Waals surface area contributed by atoms with Gasteiger partial charge < -0.3 is 10.0 Å². The van der Waals surface area contributed by atoms with E-state index in [1.807, 2.05) is 50.1 Å². The largest absolute Gasteiger partial charge is 0.385 e. The summed E-state index contributed by atoms with van der Waals surface area (Å²) in [5.74, 6) is 2.21. The zero-order valence-electron chi connectivity index (χ0n) is 10.9. The van der Waals surface area contributed by atoms with E-state index in [9.17, 15) is 5.11 Å². The molecule has 2 nitrogen and oxygen atoms in total. The van der Waals surface area contributed by atoms with Gasteiger partial charge in [-0.3, -0.25) is 0 Å². The molecule has 1 aromatic rings. The highest BCUT2D eigenvalue weighted by Gasteiger charge is 2.41. The Bertz CT molecular complexity index is 413. The van der Waals surface area contributed by atoms with E-state index in [1.165, 1.54) is 0 Å². The summed E-state index contributed by atoms with van der Waals surface area (Å²) in [5, 5.41) is 11.8. The number of aliphatic hydroxyl groups is 1. The summed E-state index contributed by atoms with van der Waals surface area (Å²) in [6, 6.07) is 7.69. The predicted molar refractivity (Wildman–Crippen MR) is 79.3 cm³/mol. The molecule has 0 spiro atoms. The molecule has 2 atom stereocenters. The first-order valence-electron chi connectivity index (χ1n) is 6.24. The van der Waals surface area contributed by atoms with Crippen LogP contribution in [0.1, 0.15) is 12.0 Å². The molecule has 0 radical (unpaired) electrons. The Kier molecular flexibility index (Phi) is 4.59. The third-order valence-corrected chi connectivity index (χ3v) is 5.01. The summed E-state index contributed by atoms with van der Waals surface area (Å²) in [5.41, 5.74) is 0.104. The van der Waals surface area contributed by atoms with Gasteiger partial charge in [-0.1, -0.05) is 29.8 Å². The highest BCUT2D eigenvalue weighted by atomic mass is 35.5. The lowest BCUT2D eigenvalue weighted by molar-refractivity contribution is -0.0292. The molecule has 1 aromatic carbocycles. The normalized spacial score (nSPS) is 28.6. The zero-order valence-corrected chi connectivity index (χ0v) is 12.5. The van der Waals surface area contributed by atoms with Crippen LogP contribution >= 0.6 is 23.4 Å². The third-order valence-electron chi connectivity index (χ3n) is 3.55. The van der Waals surface area contributed by atoms with Crippen LogP contribution in [0.2, 0.25) is 5.02 Å². The topological polar surface area (TPSA) is 23.5 Å². The van der Waals surface area contributed by atoms with Gasteiger partial charge in [-0.25, -0.2) is 0 Å². The molecule has 18 heavy (non-hydrogen) atoms. The maximum Gasteiger partial charge on any atom is 0.0966 e. The lowest BCUT2D eigenvalue weighted by Gasteiger charge is -2.41. The number of benzene rings is 1. The number of rotatable bonds is 3. The summed E-state index contributed by atoms with van der Waals surface area (Å²) in [6.07, 6.45) is 0.778. The average molecular weight is 286 g/mol. The van der Waals surface area contributed by atoms with Gasteiger partial charge in [0.1, 0.15) is 0 Å². The van der Waals surface area contributed by atoms with Gasteiger partial charge in [0.2, 0.25) is 0 Å². The number of halogens is 1. The van der Waals surface area contributed by atoms with E-state index >= 15 is 0 Å². The van der Waals surface area contributed by atoms with Crippen molar-refractivity contribution >= 4 is 23.4 Å². The first-order valence-corrected chi connectivity index (χ1v) is 7.77. The molecule has 1 saturated heterocycles. The number of thioether (sulfide) groups is 1. The SMILES string of the molecule is CN(C)C[C@H]1CSCC[C@]1(O)c1ccccc1Cl. The van der Waals surface area contributed by atoms with Crippen molar-refractivity contribution in [3.8, 4) is 0 Å². The molecular weight excluding hydrogens is 266 g/mol. The third kappa shape index (κ3) is 2.85. The quantitative estimate of drug-likeness (QED) is 0.924. The lowest BCUT2D eigenvalue weighted by atomic mass is 9.79. The van der Waals surface area contributed by atoms with E-state index in [0.717, 1.165) is 30.0 Å². The van der Waals surface area contributed by atoms with Crippen molar-refractivity contribution in [3.63, 3.8) is 0 Å². The Morgan fingerprint density at radius 3 is 2.83 bits per heavy atom. The fourth-order valence-corrected chi connectivity index (χ4v) is 4.19. The summed E-state index contributed by atoms with van der Waals surface area (Å²) in [7, 11) is 4.10. The van der Waals surface area contributed by atoms with E-state index in [4.69, 9.17) is 11.6 Å². The maximum absolute atomic E-state index is 11.1. The smallest absolute Gasteiger partial charge is 0.0966 e. The summed E-state index contributed by atoms with van der Waals surface area (Å²) in [4.78, 5) is 2.14. The number of hydrogen-bond donors (Lipinski definition) is 1. The second kappa shape index (κ2) is 5.83. The van der Waals surface area contributed by atoms with Gasteiger partial charge in [0.05, 0.1) is 5.60 Å². The first-order chi connectivity index (χ1) is 8.54. The monoisotopic (exact) mass is 285 g/mol. The van der Waals surface area contributed by atoms with Crippen LogP contribution in [-0.4, -0.2) is 42.2 Å². The maximum atomic E-state index is 11.1. The van der Waals surface area contributed by atoms with Crippen LogP contribution < -0.4 is 0 Å². The molecule has 1 fully saturated rings. The second-order valence-corrected chi connectivity index (χ2v) is 6.75. The minimum absolute atomic E-state index is 0.228. The molecule has 1 aliphatic rings.